The summed E-state index contributed by atoms with van der Waals surface area (Å²) in [5, 5.41) is 10.2. The SMILES string of the molecule is N[C@@H](CC(=O)C(=O)Nc1c(F)cccc1F)C(=O)O. The molecule has 1 rings (SSSR count). The highest BCUT2D eigenvalue weighted by molar-refractivity contribution is 6.41. The second-order valence-corrected chi connectivity index (χ2v) is 3.62. The Labute approximate surface area is 106 Å². The summed E-state index contributed by atoms with van der Waals surface area (Å²) in [7, 11) is 0. The van der Waals surface area contributed by atoms with Crippen LogP contribution in [0, 0.1) is 11.6 Å². The molecule has 102 valence electrons. The zero-order valence-electron chi connectivity index (χ0n) is 9.52. The van der Waals surface area contributed by atoms with Crippen LogP contribution in [-0.2, 0) is 14.4 Å². The predicted molar refractivity (Wildman–Crippen MR) is 60.2 cm³/mol. The number of nitrogens with two attached hydrogens (primary N) is 1. The van der Waals surface area contributed by atoms with Crippen LogP contribution in [0.4, 0.5) is 14.5 Å². The third kappa shape index (κ3) is 3.81. The molecule has 4 N–H and O–H groups in total. The number of rotatable bonds is 5. The lowest BCUT2D eigenvalue weighted by molar-refractivity contribution is -0.141. The monoisotopic (exact) mass is 272 g/mol. The van der Waals surface area contributed by atoms with Crippen LogP contribution >= 0.6 is 0 Å². The molecule has 0 aliphatic heterocycles. The van der Waals surface area contributed by atoms with E-state index in [9.17, 15) is 23.2 Å². The number of halogens is 2. The van der Waals surface area contributed by atoms with Crippen LogP contribution < -0.4 is 11.1 Å². The molecular weight excluding hydrogens is 262 g/mol. The van der Waals surface area contributed by atoms with Gasteiger partial charge in [-0.1, -0.05) is 6.07 Å². The first-order valence-corrected chi connectivity index (χ1v) is 5.09. The van der Waals surface area contributed by atoms with Gasteiger partial charge in [0.05, 0.1) is 0 Å². The van der Waals surface area contributed by atoms with Crippen molar-refractivity contribution in [1.29, 1.82) is 0 Å². The summed E-state index contributed by atoms with van der Waals surface area (Å²) >= 11 is 0. The number of aliphatic carboxylic acids is 1. The smallest absolute Gasteiger partial charge is 0.320 e. The summed E-state index contributed by atoms with van der Waals surface area (Å²) in [6, 6.07) is 1.32. The van der Waals surface area contributed by atoms with Crippen molar-refractivity contribution in [3.63, 3.8) is 0 Å². The van der Waals surface area contributed by atoms with Crippen molar-refractivity contribution >= 4 is 23.3 Å². The second kappa shape index (κ2) is 6.01. The number of hydrogen-bond donors (Lipinski definition) is 3. The van der Waals surface area contributed by atoms with E-state index in [-0.39, 0.29) is 0 Å². The molecule has 1 aromatic rings. The maximum atomic E-state index is 13.2. The van der Waals surface area contributed by atoms with Gasteiger partial charge >= 0.3 is 5.97 Å². The van der Waals surface area contributed by atoms with Crippen LogP contribution in [0.25, 0.3) is 0 Å². The lowest BCUT2D eigenvalue weighted by atomic mass is 10.1. The van der Waals surface area contributed by atoms with Gasteiger partial charge in [-0.25, -0.2) is 8.78 Å². The first kappa shape index (κ1) is 14.7. The van der Waals surface area contributed by atoms with Crippen LogP contribution in [0.2, 0.25) is 0 Å². The van der Waals surface area contributed by atoms with E-state index in [4.69, 9.17) is 10.8 Å². The molecule has 0 aromatic heterocycles. The number of carboxylic acid groups (broad SMARTS) is 1. The van der Waals surface area contributed by atoms with Crippen LogP contribution in [0.1, 0.15) is 6.42 Å². The average molecular weight is 272 g/mol. The number of carbonyl (C=O) groups excluding carboxylic acids is 2. The molecule has 6 nitrogen and oxygen atoms in total. The largest absolute Gasteiger partial charge is 0.480 e. The highest BCUT2D eigenvalue weighted by Crippen LogP contribution is 2.17. The standard InChI is InChI=1S/C11H10F2N2O4/c12-5-2-1-3-6(13)9(5)15-10(17)8(16)4-7(14)11(18)19/h1-3,7H,4,14H2,(H,15,17)(H,18,19)/t7-/m0/s1. The lowest BCUT2D eigenvalue weighted by Gasteiger charge is -2.08. The highest BCUT2D eigenvalue weighted by atomic mass is 19.1. The number of hydrogen-bond acceptors (Lipinski definition) is 4. The molecule has 0 aliphatic carbocycles. The highest BCUT2D eigenvalue weighted by Gasteiger charge is 2.23. The first-order valence-electron chi connectivity index (χ1n) is 5.09. The molecule has 0 unspecified atom stereocenters. The van der Waals surface area contributed by atoms with Crippen LogP contribution in [0.5, 0.6) is 0 Å². The van der Waals surface area contributed by atoms with Crippen LogP contribution in [-0.4, -0.2) is 28.8 Å². The molecule has 0 saturated carbocycles. The van der Waals surface area contributed by atoms with E-state index in [0.717, 1.165) is 18.2 Å². The van der Waals surface area contributed by atoms with E-state index in [1.165, 1.54) is 0 Å². The molecule has 1 atom stereocenters. The molecule has 0 saturated heterocycles. The summed E-state index contributed by atoms with van der Waals surface area (Å²) in [5.41, 5.74) is 4.29. The Hall–Kier alpha value is -2.35. The summed E-state index contributed by atoms with van der Waals surface area (Å²) in [5.74, 6) is -6.08. The maximum absolute atomic E-state index is 13.2. The lowest BCUT2D eigenvalue weighted by Crippen LogP contribution is -2.36. The number of carbonyl (C=O) groups is 3. The molecule has 1 aromatic carbocycles. The Balaban J connectivity index is 2.75. The zero-order valence-corrected chi connectivity index (χ0v) is 9.52. The Morgan fingerprint density at radius 2 is 1.79 bits per heavy atom. The molecule has 8 heteroatoms. The summed E-state index contributed by atoms with van der Waals surface area (Å²) in [6.07, 6.45) is -0.767. The summed E-state index contributed by atoms with van der Waals surface area (Å²) in [4.78, 5) is 33.0. The van der Waals surface area contributed by atoms with Gasteiger partial charge in [0, 0.05) is 6.42 Å². The Morgan fingerprint density at radius 3 is 2.26 bits per heavy atom. The van der Waals surface area contributed by atoms with E-state index in [0.29, 0.717) is 0 Å². The van der Waals surface area contributed by atoms with Crippen molar-refractivity contribution in [2.24, 2.45) is 5.73 Å². The molecule has 0 fully saturated rings. The van der Waals surface area contributed by atoms with Crippen molar-refractivity contribution in [1.82, 2.24) is 0 Å². The van der Waals surface area contributed by atoms with Gasteiger partial charge in [-0.3, -0.25) is 14.4 Å². The number of ketones is 1. The van der Waals surface area contributed by atoms with Crippen molar-refractivity contribution < 1.29 is 28.3 Å². The fraction of sp³-hybridized carbons (Fsp3) is 0.182. The van der Waals surface area contributed by atoms with E-state index in [1.54, 1.807) is 5.32 Å². The fourth-order valence-corrected chi connectivity index (χ4v) is 1.18. The second-order valence-electron chi connectivity index (χ2n) is 3.62. The number of amides is 1. The Kier molecular flexibility index (Phi) is 4.65. The number of carboxylic acids is 1. The van der Waals surface area contributed by atoms with Gasteiger partial charge in [0.25, 0.3) is 5.91 Å². The topological polar surface area (TPSA) is 109 Å². The van der Waals surface area contributed by atoms with E-state index in [1.807, 2.05) is 0 Å². The third-order valence-corrected chi connectivity index (χ3v) is 2.18. The Morgan fingerprint density at radius 1 is 1.26 bits per heavy atom. The predicted octanol–water partition coefficient (Wildman–Crippen LogP) is 0.274. The van der Waals surface area contributed by atoms with Crippen LogP contribution in [0.3, 0.4) is 0 Å². The van der Waals surface area contributed by atoms with Gasteiger partial charge in [0.15, 0.2) is 0 Å². The van der Waals surface area contributed by atoms with Crippen molar-refractivity contribution in [2.75, 3.05) is 5.32 Å². The molecule has 1 amide bonds. The molecule has 19 heavy (non-hydrogen) atoms. The van der Waals surface area contributed by atoms with Crippen molar-refractivity contribution in [2.45, 2.75) is 12.5 Å². The molecule has 0 radical (unpaired) electrons. The molecule has 0 spiro atoms. The minimum Gasteiger partial charge on any atom is -0.480 e. The van der Waals surface area contributed by atoms with Gasteiger partial charge in [-0.2, -0.15) is 0 Å². The van der Waals surface area contributed by atoms with E-state index in [2.05, 4.69) is 0 Å². The van der Waals surface area contributed by atoms with Crippen LogP contribution in [0.15, 0.2) is 18.2 Å². The fourth-order valence-electron chi connectivity index (χ4n) is 1.18. The van der Waals surface area contributed by atoms with Gasteiger partial charge in [-0.15, -0.1) is 0 Å². The number of nitrogens with one attached hydrogen (secondary N) is 1. The minimum absolute atomic E-state index is 0.767. The number of benzene rings is 1. The Bertz CT molecular complexity index is 513. The van der Waals surface area contributed by atoms with Gasteiger partial charge < -0.3 is 16.2 Å². The van der Waals surface area contributed by atoms with E-state index < -0.39 is 47.4 Å². The molecular formula is C11H10F2N2O4. The minimum atomic E-state index is -1.55. The summed E-state index contributed by atoms with van der Waals surface area (Å²) in [6.45, 7) is 0. The number of para-hydroxylation sites is 1. The molecule has 0 aliphatic rings. The molecule has 0 heterocycles. The normalized spacial score (nSPS) is 11.7. The maximum Gasteiger partial charge on any atom is 0.320 e. The number of anilines is 1. The average Bonchev–Trinajstić information content (AvgIpc) is 2.33. The first-order chi connectivity index (χ1) is 8.82. The quantitative estimate of drug-likeness (QED) is 0.667. The third-order valence-electron chi connectivity index (χ3n) is 2.18. The van der Waals surface area contributed by atoms with Crippen molar-refractivity contribution in [3.05, 3.63) is 29.8 Å². The summed E-state index contributed by atoms with van der Waals surface area (Å²) < 4.78 is 26.4. The number of Topliss-reactive ketones (excluding diaryl/α,β-unsaturated/α-hetero) is 1. The van der Waals surface area contributed by atoms with E-state index >= 15 is 0 Å². The zero-order chi connectivity index (χ0) is 14.6. The van der Waals surface area contributed by atoms with Gasteiger partial charge in [0.1, 0.15) is 23.4 Å². The van der Waals surface area contributed by atoms with Crippen molar-refractivity contribution in [3.8, 4) is 0 Å². The molecule has 0 bridgehead atoms. The van der Waals surface area contributed by atoms with Gasteiger partial charge in [0.2, 0.25) is 5.78 Å². The van der Waals surface area contributed by atoms with Gasteiger partial charge in [-0.05, 0) is 12.1 Å².